The van der Waals surface area contributed by atoms with Crippen molar-refractivity contribution in [2.75, 3.05) is 46.9 Å². The van der Waals surface area contributed by atoms with Gasteiger partial charge in [-0.2, -0.15) is 5.26 Å². The Morgan fingerprint density at radius 1 is 1.00 bits per heavy atom. The molecule has 0 aromatic heterocycles. The first-order chi connectivity index (χ1) is 14.7. The summed E-state index contributed by atoms with van der Waals surface area (Å²) in [5.74, 6) is 1.34. The second-order valence-electron chi connectivity index (χ2n) is 7.50. The summed E-state index contributed by atoms with van der Waals surface area (Å²) < 4.78 is 10.8. The van der Waals surface area contributed by atoms with Gasteiger partial charge in [0.1, 0.15) is 5.54 Å². The molecule has 3 rings (SSSR count). The molecular weight excluding hydrogens is 374 g/mol. The van der Waals surface area contributed by atoms with Gasteiger partial charge in [0.15, 0.2) is 11.5 Å². The minimum atomic E-state index is -0.661. The van der Waals surface area contributed by atoms with Gasteiger partial charge in [-0.25, -0.2) is 0 Å². The summed E-state index contributed by atoms with van der Waals surface area (Å²) in [5.41, 5.74) is 1.52. The SMILES string of the molecule is CCC(C#N)(c1ccc(OC)c(OC)c1)N1CCN(C/C=C/c2ccccc2)CC1. The van der Waals surface area contributed by atoms with Gasteiger partial charge in [-0.05, 0) is 29.7 Å². The zero-order valence-electron chi connectivity index (χ0n) is 18.2. The summed E-state index contributed by atoms with van der Waals surface area (Å²) in [4.78, 5) is 4.74. The smallest absolute Gasteiger partial charge is 0.161 e. The molecule has 1 unspecified atom stereocenters. The number of methoxy groups -OCH3 is 2. The molecule has 1 fully saturated rings. The zero-order chi connectivity index (χ0) is 21.4. The number of rotatable bonds is 8. The highest BCUT2D eigenvalue weighted by Gasteiger charge is 2.39. The molecule has 30 heavy (non-hydrogen) atoms. The van der Waals surface area contributed by atoms with Crippen LogP contribution in [0, 0.1) is 11.3 Å². The van der Waals surface area contributed by atoms with Crippen LogP contribution in [-0.4, -0.2) is 56.7 Å². The number of hydrogen-bond donors (Lipinski definition) is 0. The number of hydrogen-bond acceptors (Lipinski definition) is 5. The summed E-state index contributed by atoms with van der Waals surface area (Å²) >= 11 is 0. The molecule has 1 saturated heterocycles. The Labute approximate surface area is 180 Å². The zero-order valence-corrected chi connectivity index (χ0v) is 18.2. The van der Waals surface area contributed by atoms with E-state index < -0.39 is 5.54 Å². The van der Waals surface area contributed by atoms with Crippen molar-refractivity contribution in [3.05, 3.63) is 65.7 Å². The molecule has 0 spiro atoms. The minimum Gasteiger partial charge on any atom is -0.493 e. The van der Waals surface area contributed by atoms with Crippen LogP contribution in [0.3, 0.4) is 0 Å². The maximum Gasteiger partial charge on any atom is 0.161 e. The number of nitriles is 1. The third kappa shape index (κ3) is 4.67. The molecule has 5 nitrogen and oxygen atoms in total. The number of piperazine rings is 1. The molecule has 2 aromatic rings. The summed E-state index contributed by atoms with van der Waals surface area (Å²) in [6, 6.07) is 18.8. The lowest BCUT2D eigenvalue weighted by Gasteiger charge is -2.43. The van der Waals surface area contributed by atoms with Crippen LogP contribution in [0.25, 0.3) is 6.08 Å². The van der Waals surface area contributed by atoms with Gasteiger partial charge in [-0.15, -0.1) is 0 Å². The Balaban J connectivity index is 1.68. The van der Waals surface area contributed by atoms with Crippen molar-refractivity contribution < 1.29 is 9.47 Å². The molecule has 1 aliphatic rings. The van der Waals surface area contributed by atoms with Gasteiger partial charge in [0.2, 0.25) is 0 Å². The Morgan fingerprint density at radius 3 is 2.30 bits per heavy atom. The van der Waals surface area contributed by atoms with Crippen molar-refractivity contribution in [1.82, 2.24) is 9.80 Å². The maximum absolute atomic E-state index is 10.2. The number of benzene rings is 2. The van der Waals surface area contributed by atoms with Gasteiger partial charge >= 0.3 is 0 Å². The molecule has 1 atom stereocenters. The Hall–Kier alpha value is -2.81. The first kappa shape index (κ1) is 21.9. The van der Waals surface area contributed by atoms with Crippen molar-refractivity contribution in [3.63, 3.8) is 0 Å². The first-order valence-corrected chi connectivity index (χ1v) is 10.5. The summed E-state index contributed by atoms with van der Waals surface area (Å²) in [6.07, 6.45) is 5.10. The van der Waals surface area contributed by atoms with Crippen molar-refractivity contribution in [1.29, 1.82) is 5.26 Å². The Morgan fingerprint density at radius 2 is 1.70 bits per heavy atom. The molecular formula is C25H31N3O2. The van der Waals surface area contributed by atoms with Gasteiger partial charge in [0, 0.05) is 32.7 Å². The normalized spacial score (nSPS) is 17.4. The van der Waals surface area contributed by atoms with Crippen molar-refractivity contribution in [3.8, 4) is 17.6 Å². The molecule has 0 bridgehead atoms. The molecule has 0 amide bonds. The van der Waals surface area contributed by atoms with Crippen LogP contribution in [0.2, 0.25) is 0 Å². The average Bonchev–Trinajstić information content (AvgIpc) is 2.81. The van der Waals surface area contributed by atoms with Gasteiger partial charge in [-0.1, -0.05) is 55.5 Å². The Bertz CT molecular complexity index is 883. The minimum absolute atomic E-state index is 0.660. The van der Waals surface area contributed by atoms with Crippen LogP contribution in [0.15, 0.2) is 54.6 Å². The third-order valence-corrected chi connectivity index (χ3v) is 5.94. The van der Waals surface area contributed by atoms with Gasteiger partial charge in [-0.3, -0.25) is 9.80 Å². The van der Waals surface area contributed by atoms with E-state index in [2.05, 4.69) is 59.2 Å². The quantitative estimate of drug-likeness (QED) is 0.660. The van der Waals surface area contributed by atoms with Gasteiger partial charge in [0.25, 0.3) is 0 Å². The highest BCUT2D eigenvalue weighted by Crippen LogP contribution is 2.37. The molecule has 1 aliphatic heterocycles. The molecule has 0 aliphatic carbocycles. The highest BCUT2D eigenvalue weighted by molar-refractivity contribution is 5.49. The fourth-order valence-electron chi connectivity index (χ4n) is 4.13. The van der Waals surface area contributed by atoms with Crippen LogP contribution in [0.4, 0.5) is 0 Å². The van der Waals surface area contributed by atoms with E-state index in [0.29, 0.717) is 17.9 Å². The van der Waals surface area contributed by atoms with Crippen LogP contribution in [0.1, 0.15) is 24.5 Å². The van der Waals surface area contributed by atoms with E-state index >= 15 is 0 Å². The maximum atomic E-state index is 10.2. The molecule has 0 saturated carbocycles. The van der Waals surface area contributed by atoms with Crippen LogP contribution < -0.4 is 9.47 Å². The lowest BCUT2D eigenvalue weighted by atomic mass is 9.86. The fraction of sp³-hybridized carbons (Fsp3) is 0.400. The number of nitrogens with zero attached hydrogens (tertiary/aromatic N) is 3. The van der Waals surface area contributed by atoms with Crippen LogP contribution in [0.5, 0.6) is 11.5 Å². The van der Waals surface area contributed by atoms with Crippen molar-refractivity contribution >= 4 is 6.08 Å². The molecule has 2 aromatic carbocycles. The predicted octanol–water partition coefficient (Wildman–Crippen LogP) is 4.16. The summed E-state index contributed by atoms with van der Waals surface area (Å²) in [7, 11) is 3.25. The number of ether oxygens (including phenoxy) is 2. The van der Waals surface area contributed by atoms with Gasteiger partial charge in [0.05, 0.1) is 20.3 Å². The summed E-state index contributed by atoms with van der Waals surface area (Å²) in [6.45, 7) is 6.59. The van der Waals surface area contributed by atoms with Crippen LogP contribution in [-0.2, 0) is 5.54 Å². The molecule has 5 heteroatoms. The van der Waals surface area contributed by atoms with E-state index in [1.807, 2.05) is 24.3 Å². The molecule has 0 N–H and O–H groups in total. The second-order valence-corrected chi connectivity index (χ2v) is 7.50. The third-order valence-electron chi connectivity index (χ3n) is 5.94. The van der Waals surface area contributed by atoms with E-state index in [1.165, 1.54) is 5.56 Å². The molecule has 158 valence electrons. The largest absolute Gasteiger partial charge is 0.493 e. The average molecular weight is 406 g/mol. The van der Waals surface area contributed by atoms with Gasteiger partial charge < -0.3 is 9.47 Å². The van der Waals surface area contributed by atoms with E-state index in [9.17, 15) is 5.26 Å². The topological polar surface area (TPSA) is 48.7 Å². The van der Waals surface area contributed by atoms with Crippen LogP contribution >= 0.6 is 0 Å². The van der Waals surface area contributed by atoms with E-state index in [1.54, 1.807) is 14.2 Å². The lowest BCUT2D eigenvalue weighted by molar-refractivity contribution is 0.0633. The summed E-state index contributed by atoms with van der Waals surface area (Å²) in [5, 5.41) is 10.2. The van der Waals surface area contributed by atoms with E-state index in [4.69, 9.17) is 9.47 Å². The predicted molar refractivity (Wildman–Crippen MR) is 121 cm³/mol. The monoisotopic (exact) mass is 405 g/mol. The lowest BCUT2D eigenvalue weighted by Crippen LogP contribution is -2.54. The first-order valence-electron chi connectivity index (χ1n) is 10.5. The van der Waals surface area contributed by atoms with Crippen molar-refractivity contribution in [2.24, 2.45) is 0 Å². The molecule has 0 radical (unpaired) electrons. The van der Waals surface area contributed by atoms with E-state index in [-0.39, 0.29) is 0 Å². The standard InChI is InChI=1S/C25H31N3O2/c1-4-25(20-26,22-12-13-23(29-2)24(19-22)30-3)28-17-15-27(16-18-28)14-8-11-21-9-6-5-7-10-21/h5-13,19H,4,14-18H2,1-3H3/b11-8+. The fourth-order valence-corrected chi connectivity index (χ4v) is 4.13. The Kier molecular flexibility index (Phi) is 7.51. The second kappa shape index (κ2) is 10.3. The van der Waals surface area contributed by atoms with Crippen molar-refractivity contribution in [2.45, 2.75) is 18.9 Å². The van der Waals surface area contributed by atoms with E-state index in [0.717, 1.165) is 38.3 Å². The highest BCUT2D eigenvalue weighted by atomic mass is 16.5. The molecule has 1 heterocycles.